The highest BCUT2D eigenvalue weighted by Gasteiger charge is 2.12. The summed E-state index contributed by atoms with van der Waals surface area (Å²) in [5, 5.41) is 9.38. The molecule has 3 aromatic heterocycles. The van der Waals surface area contributed by atoms with Gasteiger partial charge >= 0.3 is 0 Å². The first-order valence-corrected chi connectivity index (χ1v) is 11.5. The first-order chi connectivity index (χ1) is 16.7. The lowest BCUT2D eigenvalue weighted by atomic mass is 10.1. The van der Waals surface area contributed by atoms with Crippen LogP contribution in [0, 0.1) is 4.91 Å². The van der Waals surface area contributed by atoms with Crippen molar-refractivity contribution in [3.05, 3.63) is 59.8 Å². The molecule has 1 aromatic carbocycles. The molecule has 0 saturated carbocycles. The lowest BCUT2D eigenvalue weighted by Crippen LogP contribution is -2.29. The van der Waals surface area contributed by atoms with Crippen molar-refractivity contribution in [2.45, 2.75) is 19.3 Å². The molecule has 0 radical (unpaired) electrons. The topological polar surface area (TPSA) is 126 Å². The van der Waals surface area contributed by atoms with E-state index in [2.05, 4.69) is 54.9 Å². The van der Waals surface area contributed by atoms with Crippen LogP contribution in [0.2, 0.25) is 0 Å². The van der Waals surface area contributed by atoms with Crippen LogP contribution in [0.1, 0.15) is 19.3 Å². The molecule has 10 nitrogen and oxygen atoms in total. The Morgan fingerprint density at radius 3 is 2.53 bits per heavy atom. The fraction of sp³-hybridized carbons (Fsp3) is 0.292. The van der Waals surface area contributed by atoms with E-state index in [-0.39, 0.29) is 11.5 Å². The van der Waals surface area contributed by atoms with Crippen LogP contribution in [0.25, 0.3) is 16.9 Å². The summed E-state index contributed by atoms with van der Waals surface area (Å²) in [6.45, 7) is 3.42. The minimum atomic E-state index is 0.105. The molecule has 1 fully saturated rings. The lowest BCUT2D eigenvalue weighted by Gasteiger charge is -2.28. The van der Waals surface area contributed by atoms with Crippen LogP contribution >= 0.6 is 0 Å². The summed E-state index contributed by atoms with van der Waals surface area (Å²) in [5.74, 6) is 1.39. The van der Waals surface area contributed by atoms with Gasteiger partial charge in [-0.25, -0.2) is 15.0 Å². The predicted octanol–water partition coefficient (Wildman–Crippen LogP) is 4.29. The molecule has 1 aliphatic heterocycles. The van der Waals surface area contributed by atoms with Gasteiger partial charge in [0.05, 0.1) is 5.69 Å². The maximum absolute atomic E-state index is 10.6. The third-order valence-corrected chi connectivity index (χ3v) is 5.99. The maximum atomic E-state index is 10.6. The Balaban J connectivity index is 1.28. The molecule has 4 heterocycles. The quantitative estimate of drug-likeness (QED) is 0.264. The lowest BCUT2D eigenvalue weighted by molar-refractivity contribution is 0.578. The SMILES string of the molecule is Nc1nc(NCCNc2nc(-c3ccc(N4CCCCC4)cc3)cc3nccn23)ccc1N=O. The van der Waals surface area contributed by atoms with E-state index in [1.54, 1.807) is 18.3 Å². The molecule has 174 valence electrons. The first kappa shape index (κ1) is 21.6. The van der Waals surface area contributed by atoms with Gasteiger partial charge in [-0.2, -0.15) is 0 Å². The van der Waals surface area contributed by atoms with Gasteiger partial charge in [0.2, 0.25) is 5.95 Å². The summed E-state index contributed by atoms with van der Waals surface area (Å²) in [4.78, 5) is 26.5. The molecule has 5 rings (SSSR count). The molecule has 1 saturated heterocycles. The van der Waals surface area contributed by atoms with Crippen molar-refractivity contribution >= 4 is 34.6 Å². The second-order valence-corrected chi connectivity index (χ2v) is 8.26. The van der Waals surface area contributed by atoms with Gasteiger partial charge in [0.25, 0.3) is 0 Å². The van der Waals surface area contributed by atoms with Gasteiger partial charge < -0.3 is 21.3 Å². The summed E-state index contributed by atoms with van der Waals surface area (Å²) in [6, 6.07) is 13.8. The number of nitrogens with zero attached hydrogens (tertiary/aromatic N) is 6. The molecule has 0 spiro atoms. The summed E-state index contributed by atoms with van der Waals surface area (Å²) in [5.41, 5.74) is 9.86. The first-order valence-electron chi connectivity index (χ1n) is 11.5. The van der Waals surface area contributed by atoms with E-state index in [0.717, 1.165) is 30.0 Å². The van der Waals surface area contributed by atoms with E-state index in [1.807, 2.05) is 16.7 Å². The maximum Gasteiger partial charge on any atom is 0.209 e. The number of piperidine rings is 1. The van der Waals surface area contributed by atoms with Crippen molar-refractivity contribution in [2.24, 2.45) is 5.18 Å². The number of nitrogen functional groups attached to an aromatic ring is 1. The van der Waals surface area contributed by atoms with Crippen molar-refractivity contribution in [2.75, 3.05) is 47.4 Å². The molecular weight excluding hydrogens is 430 g/mol. The second kappa shape index (κ2) is 9.74. The highest BCUT2D eigenvalue weighted by molar-refractivity contribution is 5.68. The number of nitrogens with two attached hydrogens (primary N) is 1. The third kappa shape index (κ3) is 4.61. The predicted molar refractivity (Wildman–Crippen MR) is 136 cm³/mol. The second-order valence-electron chi connectivity index (χ2n) is 8.26. The Bertz CT molecular complexity index is 1280. The number of imidazole rings is 1. The Hall–Kier alpha value is -4.21. The van der Waals surface area contributed by atoms with Crippen LogP contribution in [0.4, 0.5) is 29.0 Å². The average molecular weight is 458 g/mol. The van der Waals surface area contributed by atoms with Crippen molar-refractivity contribution < 1.29 is 0 Å². The number of pyridine rings is 1. The molecule has 34 heavy (non-hydrogen) atoms. The van der Waals surface area contributed by atoms with E-state index >= 15 is 0 Å². The zero-order valence-corrected chi connectivity index (χ0v) is 18.8. The average Bonchev–Trinajstić information content (AvgIpc) is 3.36. The van der Waals surface area contributed by atoms with Crippen LogP contribution in [0.3, 0.4) is 0 Å². The molecule has 0 aliphatic carbocycles. The number of aromatic nitrogens is 4. The number of nitroso groups, excluding NO2 is 1. The summed E-state index contributed by atoms with van der Waals surface area (Å²) >= 11 is 0. The number of benzene rings is 1. The molecule has 0 unspecified atom stereocenters. The summed E-state index contributed by atoms with van der Waals surface area (Å²) in [7, 11) is 0. The van der Waals surface area contributed by atoms with Crippen molar-refractivity contribution in [1.29, 1.82) is 0 Å². The Labute approximate surface area is 197 Å². The molecule has 10 heteroatoms. The normalized spacial score (nSPS) is 13.7. The van der Waals surface area contributed by atoms with E-state index in [9.17, 15) is 4.91 Å². The molecule has 0 bridgehead atoms. The van der Waals surface area contributed by atoms with Gasteiger partial charge in [-0.05, 0) is 48.7 Å². The van der Waals surface area contributed by atoms with Crippen molar-refractivity contribution in [1.82, 2.24) is 19.4 Å². The Morgan fingerprint density at radius 2 is 1.76 bits per heavy atom. The Kier molecular flexibility index (Phi) is 6.19. The number of fused-ring (bicyclic) bond motifs is 1. The smallest absolute Gasteiger partial charge is 0.209 e. The number of anilines is 4. The standard InChI is InChI=1S/C24H27N9O/c25-23-19(31-34)8-9-21(30-23)26-10-11-28-24-29-20(16-22-27-12-15-33(22)24)17-4-6-18(7-5-17)32-13-2-1-3-14-32/h4-9,12,15-16H,1-3,10-11,13-14H2,(H,28,29)(H3,25,26,30). The van der Waals surface area contributed by atoms with Crippen molar-refractivity contribution in [3.63, 3.8) is 0 Å². The number of nitrogens with one attached hydrogen (secondary N) is 2. The minimum absolute atomic E-state index is 0.105. The van der Waals surface area contributed by atoms with E-state index < -0.39 is 0 Å². The number of hydrogen-bond donors (Lipinski definition) is 3. The molecule has 4 aromatic rings. The largest absolute Gasteiger partial charge is 0.382 e. The van der Waals surface area contributed by atoms with E-state index in [0.29, 0.717) is 24.9 Å². The molecule has 0 amide bonds. The zero-order chi connectivity index (χ0) is 23.3. The summed E-state index contributed by atoms with van der Waals surface area (Å²) in [6.07, 6.45) is 7.49. The van der Waals surface area contributed by atoms with Crippen LogP contribution in [0.5, 0.6) is 0 Å². The molecular formula is C24H27N9O. The Morgan fingerprint density at radius 1 is 0.971 bits per heavy atom. The van der Waals surface area contributed by atoms with Crippen LogP contribution in [-0.4, -0.2) is 45.5 Å². The third-order valence-electron chi connectivity index (χ3n) is 5.99. The molecule has 4 N–H and O–H groups in total. The van der Waals surface area contributed by atoms with Crippen LogP contribution < -0.4 is 21.3 Å². The number of hydrogen-bond acceptors (Lipinski definition) is 9. The minimum Gasteiger partial charge on any atom is -0.382 e. The number of rotatable bonds is 8. The molecule has 1 aliphatic rings. The fourth-order valence-electron chi connectivity index (χ4n) is 4.20. The van der Waals surface area contributed by atoms with Gasteiger partial charge in [0.15, 0.2) is 5.82 Å². The van der Waals surface area contributed by atoms with Gasteiger partial charge in [-0.3, -0.25) is 4.40 Å². The zero-order valence-electron chi connectivity index (χ0n) is 18.8. The van der Waals surface area contributed by atoms with Crippen LogP contribution in [0.15, 0.2) is 60.0 Å². The van der Waals surface area contributed by atoms with E-state index in [1.165, 1.54) is 24.9 Å². The van der Waals surface area contributed by atoms with Gasteiger partial charge in [0.1, 0.15) is 17.2 Å². The van der Waals surface area contributed by atoms with Crippen LogP contribution in [-0.2, 0) is 0 Å². The highest BCUT2D eigenvalue weighted by Crippen LogP contribution is 2.26. The summed E-state index contributed by atoms with van der Waals surface area (Å²) < 4.78 is 1.92. The fourth-order valence-corrected chi connectivity index (χ4v) is 4.20. The van der Waals surface area contributed by atoms with Crippen molar-refractivity contribution in [3.8, 4) is 11.3 Å². The monoisotopic (exact) mass is 457 g/mol. The van der Waals surface area contributed by atoms with Gasteiger partial charge in [-0.15, -0.1) is 4.91 Å². The van der Waals surface area contributed by atoms with Gasteiger partial charge in [-0.1, -0.05) is 12.1 Å². The van der Waals surface area contributed by atoms with Gasteiger partial charge in [0, 0.05) is 55.9 Å². The van der Waals surface area contributed by atoms with E-state index in [4.69, 9.17) is 10.7 Å². The highest BCUT2D eigenvalue weighted by atomic mass is 16.3. The molecule has 0 atom stereocenters.